The second kappa shape index (κ2) is 3.12. The van der Waals surface area contributed by atoms with Gasteiger partial charge in [-0.25, -0.2) is 0 Å². The zero-order chi connectivity index (χ0) is 7.49. The first-order valence-corrected chi connectivity index (χ1v) is 2.94. The van der Waals surface area contributed by atoms with Crippen LogP contribution < -0.4 is 11.5 Å². The Morgan fingerprint density at radius 1 is 1.67 bits per heavy atom. The predicted molar refractivity (Wildman–Crippen MR) is 34.5 cm³/mol. The fourth-order valence-electron chi connectivity index (χ4n) is 0.440. The summed E-state index contributed by atoms with van der Waals surface area (Å²) in [4.78, 5) is 0. The molecule has 0 aromatic carbocycles. The average molecular weight is 134 g/mol. The van der Waals surface area contributed by atoms with Crippen molar-refractivity contribution in [3.05, 3.63) is 0 Å². The van der Waals surface area contributed by atoms with Crippen LogP contribution in [0.3, 0.4) is 0 Å². The molecule has 0 aliphatic heterocycles. The highest BCUT2D eigenvalue weighted by Crippen LogP contribution is 2.05. The van der Waals surface area contributed by atoms with Gasteiger partial charge >= 0.3 is 0 Å². The Hall–Kier alpha value is -0.160. The van der Waals surface area contributed by atoms with Crippen molar-refractivity contribution in [3.8, 4) is 0 Å². The first-order valence-electron chi connectivity index (χ1n) is 2.94. The van der Waals surface area contributed by atoms with Crippen LogP contribution in [-0.2, 0) is 0 Å². The Bertz CT molecular complexity index is 85.0. The van der Waals surface area contributed by atoms with Crippen molar-refractivity contribution >= 4 is 0 Å². The number of nitrogens with two attached hydrogens (primary N) is 2. The highest BCUT2D eigenvalue weighted by molar-refractivity contribution is 4.78. The van der Waals surface area contributed by atoms with Gasteiger partial charge in [-0.2, -0.15) is 0 Å². The smallest absolute Gasteiger partial charge is 0.140 e. The molecule has 4 nitrogen and oxygen atoms in total. The van der Waals surface area contributed by atoms with Crippen molar-refractivity contribution in [1.29, 1.82) is 0 Å². The van der Waals surface area contributed by atoms with Crippen LogP contribution in [0.2, 0.25) is 0 Å². The van der Waals surface area contributed by atoms with Gasteiger partial charge in [0.25, 0.3) is 0 Å². The SMILES string of the molecule is CCC(N)(O)C(O)CN. The van der Waals surface area contributed by atoms with Crippen molar-refractivity contribution in [1.82, 2.24) is 0 Å². The first kappa shape index (κ1) is 8.84. The lowest BCUT2D eigenvalue weighted by atomic mass is 10.1. The van der Waals surface area contributed by atoms with Crippen molar-refractivity contribution < 1.29 is 10.2 Å². The lowest BCUT2D eigenvalue weighted by Gasteiger charge is -2.25. The molecule has 4 heteroatoms. The largest absolute Gasteiger partial charge is 0.387 e. The van der Waals surface area contributed by atoms with E-state index in [-0.39, 0.29) is 6.54 Å². The van der Waals surface area contributed by atoms with Crippen LogP contribution in [0.5, 0.6) is 0 Å². The number of rotatable bonds is 3. The Kier molecular flexibility index (Phi) is 3.07. The molecule has 0 heterocycles. The van der Waals surface area contributed by atoms with Crippen LogP contribution in [0.15, 0.2) is 0 Å². The molecule has 56 valence electrons. The summed E-state index contributed by atoms with van der Waals surface area (Å²) in [5.74, 6) is 0. The van der Waals surface area contributed by atoms with E-state index in [4.69, 9.17) is 21.7 Å². The minimum atomic E-state index is -1.52. The molecule has 2 atom stereocenters. The summed E-state index contributed by atoms with van der Waals surface area (Å²) in [7, 11) is 0. The highest BCUT2D eigenvalue weighted by Gasteiger charge is 2.27. The van der Waals surface area contributed by atoms with Gasteiger partial charge in [0.15, 0.2) is 0 Å². The Morgan fingerprint density at radius 3 is 2.22 bits per heavy atom. The number of hydrogen-bond acceptors (Lipinski definition) is 4. The number of hydrogen-bond donors (Lipinski definition) is 4. The maximum atomic E-state index is 9.04. The van der Waals surface area contributed by atoms with Gasteiger partial charge in [-0.1, -0.05) is 6.92 Å². The minimum absolute atomic E-state index is 0.0131. The van der Waals surface area contributed by atoms with Gasteiger partial charge < -0.3 is 21.7 Å². The predicted octanol–water partition coefficient (Wildman–Crippen LogP) is -1.64. The van der Waals surface area contributed by atoms with Gasteiger partial charge in [0.2, 0.25) is 0 Å². The summed E-state index contributed by atoms with van der Waals surface area (Å²) in [6.45, 7) is 1.67. The van der Waals surface area contributed by atoms with E-state index in [0.29, 0.717) is 6.42 Å². The molecule has 0 rings (SSSR count). The van der Waals surface area contributed by atoms with Gasteiger partial charge in [-0.3, -0.25) is 0 Å². The summed E-state index contributed by atoms with van der Waals surface area (Å²) >= 11 is 0. The van der Waals surface area contributed by atoms with E-state index < -0.39 is 11.8 Å². The summed E-state index contributed by atoms with van der Waals surface area (Å²) in [6.07, 6.45) is -0.728. The molecule has 6 N–H and O–H groups in total. The number of aliphatic hydroxyl groups is 2. The molecule has 9 heavy (non-hydrogen) atoms. The third kappa shape index (κ3) is 2.28. The van der Waals surface area contributed by atoms with E-state index in [9.17, 15) is 0 Å². The van der Waals surface area contributed by atoms with Gasteiger partial charge in [0.05, 0.1) is 0 Å². The number of aliphatic hydroxyl groups excluding tert-OH is 1. The van der Waals surface area contributed by atoms with Crippen LogP contribution in [0.1, 0.15) is 13.3 Å². The molecule has 2 unspecified atom stereocenters. The molecule has 0 aliphatic carbocycles. The summed E-state index contributed by atoms with van der Waals surface area (Å²) in [5, 5.41) is 17.9. The molecule has 0 bridgehead atoms. The van der Waals surface area contributed by atoms with Crippen molar-refractivity contribution in [2.24, 2.45) is 11.5 Å². The molecule has 0 saturated heterocycles. The molecule has 0 aromatic rings. The average Bonchev–Trinajstić information content (AvgIpc) is 1.86. The summed E-state index contributed by atoms with van der Waals surface area (Å²) < 4.78 is 0. The van der Waals surface area contributed by atoms with Crippen LogP contribution in [0.4, 0.5) is 0 Å². The topological polar surface area (TPSA) is 92.5 Å². The zero-order valence-electron chi connectivity index (χ0n) is 5.54. The Balaban J connectivity index is 3.80. The third-order valence-corrected chi connectivity index (χ3v) is 1.37. The molecule has 0 radical (unpaired) electrons. The second-order valence-electron chi connectivity index (χ2n) is 2.10. The molecule has 0 spiro atoms. The lowest BCUT2D eigenvalue weighted by Crippen LogP contribution is -2.53. The van der Waals surface area contributed by atoms with Crippen LogP contribution in [-0.4, -0.2) is 28.6 Å². The lowest BCUT2D eigenvalue weighted by molar-refractivity contribution is -0.0680. The van der Waals surface area contributed by atoms with E-state index in [1.165, 1.54) is 0 Å². The summed E-state index contributed by atoms with van der Waals surface area (Å²) in [5.41, 5.74) is 8.72. The molecule has 0 aliphatic rings. The van der Waals surface area contributed by atoms with Gasteiger partial charge in [-0.15, -0.1) is 0 Å². The summed E-state index contributed by atoms with van der Waals surface area (Å²) in [6, 6.07) is 0. The molecule has 0 amide bonds. The van der Waals surface area contributed by atoms with Crippen molar-refractivity contribution in [2.75, 3.05) is 6.54 Å². The molecule has 0 saturated carbocycles. The second-order valence-corrected chi connectivity index (χ2v) is 2.10. The van der Waals surface area contributed by atoms with E-state index in [2.05, 4.69) is 0 Å². The Morgan fingerprint density at radius 2 is 2.11 bits per heavy atom. The van der Waals surface area contributed by atoms with Gasteiger partial charge in [-0.05, 0) is 6.42 Å². The van der Waals surface area contributed by atoms with Crippen molar-refractivity contribution in [3.63, 3.8) is 0 Å². The third-order valence-electron chi connectivity index (χ3n) is 1.37. The molecule has 0 aromatic heterocycles. The normalized spacial score (nSPS) is 21.0. The highest BCUT2D eigenvalue weighted by atomic mass is 16.4. The van der Waals surface area contributed by atoms with Gasteiger partial charge in [0.1, 0.15) is 11.8 Å². The van der Waals surface area contributed by atoms with Gasteiger partial charge in [0, 0.05) is 6.54 Å². The quantitative estimate of drug-likeness (QED) is 0.348. The fourth-order valence-corrected chi connectivity index (χ4v) is 0.440. The minimum Gasteiger partial charge on any atom is -0.387 e. The van der Waals surface area contributed by atoms with E-state index in [1.807, 2.05) is 0 Å². The Labute approximate surface area is 54.5 Å². The van der Waals surface area contributed by atoms with Crippen molar-refractivity contribution in [2.45, 2.75) is 25.2 Å². The first-order chi connectivity index (χ1) is 4.04. The van der Waals surface area contributed by atoms with E-state index >= 15 is 0 Å². The van der Waals surface area contributed by atoms with E-state index in [1.54, 1.807) is 6.92 Å². The van der Waals surface area contributed by atoms with Crippen LogP contribution >= 0.6 is 0 Å². The molecular formula is C5H14N2O2. The maximum absolute atomic E-state index is 9.04. The maximum Gasteiger partial charge on any atom is 0.140 e. The standard InChI is InChI=1S/C5H14N2O2/c1-2-5(7,9)4(8)3-6/h4,8-9H,2-3,6-7H2,1H3. The fraction of sp³-hybridized carbons (Fsp3) is 1.00. The van der Waals surface area contributed by atoms with Crippen LogP contribution in [0.25, 0.3) is 0 Å². The van der Waals surface area contributed by atoms with Crippen LogP contribution in [0, 0.1) is 0 Å². The van der Waals surface area contributed by atoms with E-state index in [0.717, 1.165) is 0 Å². The monoisotopic (exact) mass is 134 g/mol. The zero-order valence-corrected chi connectivity index (χ0v) is 5.54. The molecular weight excluding hydrogens is 120 g/mol. The molecule has 0 fully saturated rings.